The highest BCUT2D eigenvalue weighted by Crippen LogP contribution is 2.66. The van der Waals surface area contributed by atoms with Gasteiger partial charge in [-0.15, -0.1) is 18.3 Å². The second-order valence-electron chi connectivity index (χ2n) is 8.87. The molecule has 34 heavy (non-hydrogen) atoms. The first-order chi connectivity index (χ1) is 16.3. The molecular weight excluding hydrogens is 476 g/mol. The van der Waals surface area contributed by atoms with Gasteiger partial charge in [-0.25, -0.2) is 0 Å². The van der Waals surface area contributed by atoms with Crippen molar-refractivity contribution in [1.29, 1.82) is 0 Å². The smallest absolute Gasteiger partial charge is 0.311 e. The van der Waals surface area contributed by atoms with Gasteiger partial charge in [-0.2, -0.15) is 0 Å². The Kier molecular flexibility index (Phi) is 7.12. The van der Waals surface area contributed by atoms with E-state index in [-0.39, 0.29) is 43.4 Å². The summed E-state index contributed by atoms with van der Waals surface area (Å²) in [6.45, 7) is 9.27. The molecule has 3 aliphatic rings. The van der Waals surface area contributed by atoms with E-state index in [1.54, 1.807) is 28.8 Å². The third-order valence-corrected chi connectivity index (χ3v) is 9.28. The van der Waals surface area contributed by atoms with Gasteiger partial charge in [0.15, 0.2) is 0 Å². The van der Waals surface area contributed by atoms with E-state index in [1.165, 1.54) is 11.0 Å². The molecule has 0 saturated carbocycles. The average molecular weight is 505 g/mol. The number of aliphatic hydroxyl groups excluding tert-OH is 1. The summed E-state index contributed by atoms with van der Waals surface area (Å²) in [5.74, 6) is -2.29. The molecule has 7 nitrogen and oxygen atoms in total. The number of hydrogen-bond acceptors (Lipinski definition) is 6. The molecule has 5 atom stereocenters. The monoisotopic (exact) mass is 504 g/mol. The standard InChI is InChI=1S/C25H29ClN2O5S/c1-4-11-27(20-15(3)7-6-8-16(20)26)23(31)21-25-10-9-17(34-25)18(24(32)33-14-5-2)19(25)22(30)28(21)12-13-29/h4-8,17-19,21,29H,1-2,9-14H2,3H3/t17-,18+,19-,21?,25?/m0/s1. The number of para-hydroxylation sites is 1. The summed E-state index contributed by atoms with van der Waals surface area (Å²) in [6, 6.07) is 4.58. The number of aryl methyl sites for hydroxylation is 1. The van der Waals surface area contributed by atoms with E-state index in [0.717, 1.165) is 5.56 Å². The van der Waals surface area contributed by atoms with Crippen molar-refractivity contribution in [2.45, 2.75) is 35.8 Å². The molecule has 1 aromatic rings. The van der Waals surface area contributed by atoms with Gasteiger partial charge in [0.2, 0.25) is 5.91 Å². The molecule has 2 amide bonds. The van der Waals surface area contributed by atoms with Crippen molar-refractivity contribution < 1.29 is 24.2 Å². The SMILES string of the molecule is C=CCOC(=O)[C@@H]1[C@@H]2CCC3(S2)C(C(=O)N(CC=C)c2c(C)cccc2Cl)N(CCO)C(=O)[C@H]13. The van der Waals surface area contributed by atoms with Crippen LogP contribution in [0.5, 0.6) is 0 Å². The molecule has 2 bridgehead atoms. The number of rotatable bonds is 9. The molecule has 1 aromatic carbocycles. The summed E-state index contributed by atoms with van der Waals surface area (Å²) in [5.41, 5.74) is 1.40. The van der Waals surface area contributed by atoms with Crippen LogP contribution in [-0.4, -0.2) is 70.1 Å². The van der Waals surface area contributed by atoms with Gasteiger partial charge < -0.3 is 19.6 Å². The lowest BCUT2D eigenvalue weighted by Gasteiger charge is -2.37. The Morgan fingerprint density at radius 3 is 2.79 bits per heavy atom. The number of β-amino-alcohol motifs (C(OH)–C–C–N with tert-alkyl or cyclic N) is 1. The topological polar surface area (TPSA) is 87.2 Å². The molecule has 1 spiro atoms. The lowest BCUT2D eigenvalue weighted by Crippen LogP contribution is -2.55. The molecule has 3 aliphatic heterocycles. The number of likely N-dealkylation sites (tertiary alicyclic amines) is 1. The van der Waals surface area contributed by atoms with Gasteiger partial charge in [-0.3, -0.25) is 14.4 Å². The number of aliphatic hydroxyl groups is 1. The van der Waals surface area contributed by atoms with Crippen LogP contribution < -0.4 is 4.90 Å². The van der Waals surface area contributed by atoms with Crippen LogP contribution in [-0.2, 0) is 19.1 Å². The third-order valence-electron chi connectivity index (χ3n) is 7.03. The summed E-state index contributed by atoms with van der Waals surface area (Å²) in [6.07, 6.45) is 4.46. The number of fused-ring (bicyclic) bond motifs is 1. The maximum absolute atomic E-state index is 14.2. The van der Waals surface area contributed by atoms with E-state index in [4.69, 9.17) is 16.3 Å². The maximum Gasteiger partial charge on any atom is 0.311 e. The number of benzene rings is 1. The van der Waals surface area contributed by atoms with Crippen molar-refractivity contribution in [1.82, 2.24) is 4.90 Å². The first-order valence-corrected chi connectivity index (χ1v) is 12.6. The van der Waals surface area contributed by atoms with E-state index in [0.29, 0.717) is 23.6 Å². The zero-order chi connectivity index (χ0) is 24.6. The number of ether oxygens (including phenoxy) is 1. The van der Waals surface area contributed by atoms with E-state index in [2.05, 4.69) is 13.2 Å². The van der Waals surface area contributed by atoms with Crippen LogP contribution in [0.3, 0.4) is 0 Å². The van der Waals surface area contributed by atoms with Crippen molar-refractivity contribution >= 4 is 46.8 Å². The van der Waals surface area contributed by atoms with Gasteiger partial charge in [0.25, 0.3) is 5.91 Å². The van der Waals surface area contributed by atoms with Gasteiger partial charge in [0.1, 0.15) is 12.6 Å². The Labute approximate surface area is 208 Å². The van der Waals surface area contributed by atoms with Crippen LogP contribution >= 0.6 is 23.4 Å². The molecule has 2 unspecified atom stereocenters. The molecule has 3 fully saturated rings. The van der Waals surface area contributed by atoms with Gasteiger partial charge in [0.05, 0.1) is 33.9 Å². The molecule has 0 radical (unpaired) electrons. The van der Waals surface area contributed by atoms with E-state index in [9.17, 15) is 19.5 Å². The lowest BCUT2D eigenvalue weighted by atomic mass is 9.71. The van der Waals surface area contributed by atoms with Crippen LogP contribution in [0.2, 0.25) is 5.02 Å². The Morgan fingerprint density at radius 2 is 2.15 bits per heavy atom. The third kappa shape index (κ3) is 3.76. The first kappa shape index (κ1) is 24.8. The fraction of sp³-hybridized carbons (Fsp3) is 0.480. The Balaban J connectivity index is 1.77. The quantitative estimate of drug-likeness (QED) is 0.411. The molecule has 3 heterocycles. The first-order valence-electron chi connectivity index (χ1n) is 11.4. The zero-order valence-electron chi connectivity index (χ0n) is 19.1. The van der Waals surface area contributed by atoms with Gasteiger partial charge in [0, 0.05) is 18.3 Å². The Hall–Kier alpha value is -2.29. The molecule has 9 heteroatoms. The largest absolute Gasteiger partial charge is 0.461 e. The van der Waals surface area contributed by atoms with Crippen LogP contribution in [0.4, 0.5) is 5.69 Å². The minimum atomic E-state index is -0.833. The molecule has 1 N–H and O–H groups in total. The number of hydrogen-bond donors (Lipinski definition) is 1. The number of carbonyl (C=O) groups is 3. The van der Waals surface area contributed by atoms with Crippen LogP contribution in [0.1, 0.15) is 18.4 Å². The second-order valence-corrected chi connectivity index (χ2v) is 10.9. The summed E-state index contributed by atoms with van der Waals surface area (Å²) < 4.78 is 4.58. The summed E-state index contributed by atoms with van der Waals surface area (Å²) in [4.78, 5) is 43.9. The highest BCUT2D eigenvalue weighted by atomic mass is 35.5. The number of amides is 2. The normalized spacial score (nSPS) is 29.1. The van der Waals surface area contributed by atoms with Crippen molar-refractivity contribution in [2.24, 2.45) is 11.8 Å². The van der Waals surface area contributed by atoms with Gasteiger partial charge >= 0.3 is 5.97 Å². The highest BCUT2D eigenvalue weighted by Gasteiger charge is 2.74. The average Bonchev–Trinajstić information content (AvgIpc) is 3.44. The van der Waals surface area contributed by atoms with Gasteiger partial charge in [-0.05, 0) is 31.4 Å². The zero-order valence-corrected chi connectivity index (χ0v) is 20.7. The summed E-state index contributed by atoms with van der Waals surface area (Å²) in [5, 5.41) is 10.1. The van der Waals surface area contributed by atoms with Crippen LogP contribution in [0.15, 0.2) is 43.5 Å². The number of anilines is 1. The second kappa shape index (κ2) is 9.76. The Bertz CT molecular complexity index is 1010. The number of nitrogens with zero attached hydrogens (tertiary/aromatic N) is 2. The van der Waals surface area contributed by atoms with E-state index >= 15 is 0 Å². The van der Waals surface area contributed by atoms with Crippen molar-refractivity contribution in [3.63, 3.8) is 0 Å². The van der Waals surface area contributed by atoms with Gasteiger partial charge in [-0.1, -0.05) is 42.5 Å². The molecule has 3 saturated heterocycles. The van der Waals surface area contributed by atoms with Crippen molar-refractivity contribution in [2.75, 3.05) is 31.2 Å². The maximum atomic E-state index is 14.2. The number of halogens is 1. The molecule has 0 aromatic heterocycles. The number of thioether (sulfide) groups is 1. The van der Waals surface area contributed by atoms with Crippen LogP contribution in [0.25, 0.3) is 0 Å². The minimum absolute atomic E-state index is 0.0105. The number of esters is 1. The lowest BCUT2D eigenvalue weighted by molar-refractivity contribution is -0.153. The fourth-order valence-electron chi connectivity index (χ4n) is 5.82. The molecule has 182 valence electrons. The molecular formula is C25H29ClN2O5S. The Morgan fingerprint density at radius 1 is 1.38 bits per heavy atom. The minimum Gasteiger partial charge on any atom is -0.461 e. The van der Waals surface area contributed by atoms with Crippen LogP contribution in [0, 0.1) is 18.8 Å². The molecule has 0 aliphatic carbocycles. The fourth-order valence-corrected chi connectivity index (χ4v) is 8.34. The number of carbonyl (C=O) groups excluding carboxylic acids is 3. The molecule has 4 rings (SSSR count). The van der Waals surface area contributed by atoms with E-state index < -0.39 is 28.6 Å². The summed E-state index contributed by atoms with van der Waals surface area (Å²) >= 11 is 8.07. The van der Waals surface area contributed by atoms with Crippen molar-refractivity contribution in [3.05, 3.63) is 54.1 Å². The predicted octanol–water partition coefficient (Wildman–Crippen LogP) is 2.98. The van der Waals surface area contributed by atoms with Crippen molar-refractivity contribution in [3.8, 4) is 0 Å². The predicted molar refractivity (Wildman–Crippen MR) is 133 cm³/mol. The highest BCUT2D eigenvalue weighted by molar-refractivity contribution is 8.02. The van der Waals surface area contributed by atoms with E-state index in [1.807, 2.05) is 19.1 Å². The summed E-state index contributed by atoms with van der Waals surface area (Å²) in [7, 11) is 0.